The van der Waals surface area contributed by atoms with Gasteiger partial charge in [0.25, 0.3) is 17.6 Å². The maximum atomic E-state index is 12.8. The van der Waals surface area contributed by atoms with Crippen LogP contribution in [0.15, 0.2) is 47.6 Å². The second-order valence-electron chi connectivity index (χ2n) is 8.48. The maximum Gasteiger partial charge on any atom is 0.299 e. The van der Waals surface area contributed by atoms with E-state index in [1.165, 1.54) is 4.90 Å². The highest BCUT2D eigenvalue weighted by molar-refractivity contribution is 6.54. The number of carbonyl (C=O) groups is 3. The lowest BCUT2D eigenvalue weighted by molar-refractivity contribution is -0.114. The van der Waals surface area contributed by atoms with Crippen molar-refractivity contribution in [3.63, 3.8) is 0 Å². The molecule has 0 fully saturated rings. The maximum absolute atomic E-state index is 12.8. The summed E-state index contributed by atoms with van der Waals surface area (Å²) in [5, 5.41) is 4.01. The van der Waals surface area contributed by atoms with Crippen LogP contribution in [0.25, 0.3) is 0 Å². The molecule has 0 spiro atoms. The first kappa shape index (κ1) is 26.5. The van der Waals surface area contributed by atoms with Crippen molar-refractivity contribution in [3.8, 4) is 0 Å². The molecule has 10 nitrogen and oxygen atoms in total. The minimum absolute atomic E-state index is 0.200. The summed E-state index contributed by atoms with van der Waals surface area (Å²) in [5.41, 5.74) is 3.99. The molecule has 0 N–H and O–H groups in total. The molecule has 0 unspecified atom stereocenters. The number of hydrogen-bond acceptors (Lipinski definition) is 8. The Labute approximate surface area is 215 Å². The molecular formula is C27H31N3O7. The van der Waals surface area contributed by atoms with Crippen LogP contribution in [-0.2, 0) is 28.6 Å². The molecule has 0 bridgehead atoms. The van der Waals surface area contributed by atoms with Crippen molar-refractivity contribution >= 4 is 34.7 Å². The lowest BCUT2D eigenvalue weighted by Crippen LogP contribution is -2.33. The van der Waals surface area contributed by atoms with Crippen molar-refractivity contribution in [1.82, 2.24) is 0 Å². The monoisotopic (exact) mass is 509 g/mol. The second kappa shape index (κ2) is 12.6. The van der Waals surface area contributed by atoms with E-state index in [2.05, 4.69) is 5.16 Å². The zero-order chi connectivity index (χ0) is 26.2. The number of anilines is 2. The van der Waals surface area contributed by atoms with Gasteiger partial charge in [0.05, 0.1) is 56.6 Å². The first-order chi connectivity index (χ1) is 18.0. The molecule has 2 amide bonds. The number of benzene rings is 2. The normalized spacial score (nSPS) is 15.6. The molecule has 0 radical (unpaired) electrons. The quantitative estimate of drug-likeness (QED) is 0.219. The van der Waals surface area contributed by atoms with Crippen molar-refractivity contribution in [3.05, 3.63) is 59.2 Å². The first-order valence-electron chi connectivity index (χ1n) is 12.3. The van der Waals surface area contributed by atoms with Gasteiger partial charge in [-0.1, -0.05) is 28.9 Å². The van der Waals surface area contributed by atoms with E-state index in [4.69, 9.17) is 19.0 Å². The van der Waals surface area contributed by atoms with Crippen LogP contribution in [0.4, 0.5) is 11.4 Å². The Morgan fingerprint density at radius 2 is 1.32 bits per heavy atom. The molecule has 2 aliphatic heterocycles. The molecule has 196 valence electrons. The Balaban J connectivity index is 1.09. The van der Waals surface area contributed by atoms with Gasteiger partial charge in [-0.15, -0.1) is 0 Å². The largest absolute Gasteiger partial charge is 0.395 e. The Morgan fingerprint density at radius 3 is 2.00 bits per heavy atom. The summed E-state index contributed by atoms with van der Waals surface area (Å²) >= 11 is 0. The predicted molar refractivity (Wildman–Crippen MR) is 137 cm³/mol. The fourth-order valence-corrected chi connectivity index (χ4v) is 4.19. The number of ketones is 1. The molecule has 4 rings (SSSR count). The average Bonchev–Trinajstić information content (AvgIpc) is 3.30. The summed E-state index contributed by atoms with van der Waals surface area (Å²) in [6.07, 6.45) is 0. The van der Waals surface area contributed by atoms with E-state index in [0.29, 0.717) is 76.3 Å². The number of para-hydroxylation sites is 1. The zero-order valence-electron chi connectivity index (χ0n) is 21.1. The Morgan fingerprint density at radius 1 is 0.730 bits per heavy atom. The SMILES string of the molecule is CCO/N=C1/C(=O)N(CCOCCOCCOCCN2C(=O)C(=O)c3ccccc32)c2ccc(C)cc21. The van der Waals surface area contributed by atoms with Crippen LogP contribution in [0.5, 0.6) is 0 Å². The van der Waals surface area contributed by atoms with Gasteiger partial charge >= 0.3 is 0 Å². The molecule has 2 aromatic rings. The summed E-state index contributed by atoms with van der Waals surface area (Å²) in [6.45, 7) is 7.02. The predicted octanol–water partition coefficient (Wildman–Crippen LogP) is 2.36. The molecule has 37 heavy (non-hydrogen) atoms. The summed E-state index contributed by atoms with van der Waals surface area (Å²) in [6, 6.07) is 12.8. The molecule has 0 aliphatic carbocycles. The highest BCUT2D eigenvalue weighted by Crippen LogP contribution is 2.30. The van der Waals surface area contributed by atoms with Gasteiger partial charge in [0, 0.05) is 18.7 Å². The fraction of sp³-hybridized carbons (Fsp3) is 0.407. The number of aryl methyl sites for hydroxylation is 1. The van der Waals surface area contributed by atoms with E-state index >= 15 is 0 Å². The van der Waals surface area contributed by atoms with Crippen LogP contribution in [0.3, 0.4) is 0 Å². The van der Waals surface area contributed by atoms with Gasteiger partial charge in [0.2, 0.25) is 0 Å². The third kappa shape index (κ3) is 6.04. The van der Waals surface area contributed by atoms with E-state index in [9.17, 15) is 14.4 Å². The number of ether oxygens (including phenoxy) is 3. The lowest BCUT2D eigenvalue weighted by Gasteiger charge is -2.17. The summed E-state index contributed by atoms with van der Waals surface area (Å²) < 4.78 is 16.7. The second-order valence-corrected chi connectivity index (χ2v) is 8.48. The number of Topliss-reactive ketones (excluding diaryl/α,β-unsaturated/α-hetero) is 1. The van der Waals surface area contributed by atoms with E-state index in [-0.39, 0.29) is 5.91 Å². The number of fused-ring (bicyclic) bond motifs is 2. The smallest absolute Gasteiger partial charge is 0.299 e. The molecule has 2 aliphatic rings. The number of carbonyl (C=O) groups excluding carboxylic acids is 3. The Hall–Kier alpha value is -3.60. The Kier molecular flexibility index (Phi) is 8.99. The number of oxime groups is 1. The highest BCUT2D eigenvalue weighted by atomic mass is 16.6. The van der Waals surface area contributed by atoms with Gasteiger partial charge in [0.1, 0.15) is 6.61 Å². The first-order valence-corrected chi connectivity index (χ1v) is 12.3. The van der Waals surface area contributed by atoms with E-state index in [0.717, 1.165) is 16.8 Å². The van der Waals surface area contributed by atoms with Crippen LogP contribution >= 0.6 is 0 Å². The van der Waals surface area contributed by atoms with Gasteiger partial charge in [-0.2, -0.15) is 0 Å². The number of rotatable bonds is 14. The van der Waals surface area contributed by atoms with Crippen LogP contribution in [0.1, 0.15) is 28.4 Å². The molecule has 2 heterocycles. The molecule has 2 aromatic carbocycles. The van der Waals surface area contributed by atoms with Crippen LogP contribution in [-0.4, -0.2) is 82.6 Å². The lowest BCUT2D eigenvalue weighted by atomic mass is 10.1. The summed E-state index contributed by atoms with van der Waals surface area (Å²) in [4.78, 5) is 45.2. The van der Waals surface area contributed by atoms with E-state index in [1.807, 2.05) is 32.0 Å². The van der Waals surface area contributed by atoms with Crippen molar-refractivity contribution in [2.45, 2.75) is 13.8 Å². The standard InChI is InChI=1S/C27H31N3O7/c1-3-37-28-24-21-18-19(2)8-9-23(21)29(26(24)32)10-12-34-14-16-36-17-15-35-13-11-30-22-7-5-4-6-20(22)25(31)27(30)33/h4-9,18H,3,10-17H2,1-2H3/b28-24+. The number of nitrogens with zero attached hydrogens (tertiary/aromatic N) is 3. The van der Waals surface area contributed by atoms with Gasteiger partial charge in [-0.3, -0.25) is 14.4 Å². The molecular weight excluding hydrogens is 478 g/mol. The van der Waals surface area contributed by atoms with Crippen molar-refractivity contribution < 1.29 is 33.4 Å². The minimum atomic E-state index is -0.523. The fourth-order valence-electron chi connectivity index (χ4n) is 4.19. The molecule has 0 atom stereocenters. The van der Waals surface area contributed by atoms with Crippen molar-refractivity contribution in [2.24, 2.45) is 5.16 Å². The average molecular weight is 510 g/mol. The van der Waals surface area contributed by atoms with Crippen molar-refractivity contribution in [2.75, 3.05) is 69.1 Å². The van der Waals surface area contributed by atoms with Gasteiger partial charge in [0.15, 0.2) is 5.71 Å². The molecule has 10 heteroatoms. The van der Waals surface area contributed by atoms with Gasteiger partial charge in [-0.25, -0.2) is 0 Å². The topological polar surface area (TPSA) is 107 Å². The van der Waals surface area contributed by atoms with Crippen LogP contribution < -0.4 is 9.80 Å². The molecule has 0 saturated heterocycles. The van der Waals surface area contributed by atoms with E-state index in [1.54, 1.807) is 29.2 Å². The van der Waals surface area contributed by atoms with Crippen LogP contribution in [0.2, 0.25) is 0 Å². The highest BCUT2D eigenvalue weighted by Gasteiger charge is 2.35. The zero-order valence-corrected chi connectivity index (χ0v) is 21.1. The van der Waals surface area contributed by atoms with E-state index < -0.39 is 11.7 Å². The van der Waals surface area contributed by atoms with Gasteiger partial charge in [-0.05, 0) is 38.1 Å². The Bertz CT molecular complexity index is 1180. The molecule has 0 aromatic heterocycles. The summed E-state index contributed by atoms with van der Waals surface area (Å²) in [5.74, 6) is -1.20. The summed E-state index contributed by atoms with van der Waals surface area (Å²) in [7, 11) is 0. The number of hydrogen-bond donors (Lipinski definition) is 0. The van der Waals surface area contributed by atoms with Crippen LogP contribution in [0, 0.1) is 6.92 Å². The van der Waals surface area contributed by atoms with Gasteiger partial charge < -0.3 is 28.8 Å². The minimum Gasteiger partial charge on any atom is -0.395 e. The van der Waals surface area contributed by atoms with Crippen molar-refractivity contribution in [1.29, 1.82) is 0 Å². The molecule has 0 saturated carbocycles. The third-order valence-electron chi connectivity index (χ3n) is 5.97. The third-order valence-corrected chi connectivity index (χ3v) is 5.97. The number of amides is 2.